The Labute approximate surface area is 127 Å². The van der Waals surface area contributed by atoms with Crippen LogP contribution in [0, 0.1) is 0 Å². The van der Waals surface area contributed by atoms with Crippen molar-refractivity contribution in [3.05, 3.63) is 18.2 Å². The lowest BCUT2D eigenvalue weighted by Crippen LogP contribution is -2.43. The molecule has 1 fully saturated rings. The maximum absolute atomic E-state index is 6.10. The zero-order valence-electron chi connectivity index (χ0n) is 13.2. The summed E-state index contributed by atoms with van der Waals surface area (Å²) in [7, 11) is 3.41. The normalized spacial score (nSPS) is 16.6. The Morgan fingerprint density at radius 3 is 2.67 bits per heavy atom. The van der Waals surface area contributed by atoms with Gasteiger partial charge in [0, 0.05) is 52.4 Å². The molecule has 1 saturated heterocycles. The van der Waals surface area contributed by atoms with E-state index in [0.29, 0.717) is 6.61 Å². The van der Waals surface area contributed by atoms with Gasteiger partial charge in [0.2, 0.25) is 0 Å². The van der Waals surface area contributed by atoms with E-state index >= 15 is 0 Å². The Morgan fingerprint density at radius 2 is 2.00 bits per heavy atom. The van der Waals surface area contributed by atoms with Crippen LogP contribution in [-0.4, -0.2) is 53.1 Å². The van der Waals surface area contributed by atoms with Crippen molar-refractivity contribution in [2.45, 2.75) is 19.4 Å². The van der Waals surface area contributed by atoms with Crippen molar-refractivity contribution in [3.63, 3.8) is 0 Å². The molecule has 5 heteroatoms. The molecule has 1 unspecified atom stereocenters. The highest BCUT2D eigenvalue weighted by Crippen LogP contribution is 2.33. The minimum Gasteiger partial charge on any atom is -0.497 e. The summed E-state index contributed by atoms with van der Waals surface area (Å²) in [4.78, 5) is 2.34. The topological polar surface area (TPSA) is 43.0 Å². The van der Waals surface area contributed by atoms with Crippen LogP contribution in [0.15, 0.2) is 18.2 Å². The summed E-state index contributed by atoms with van der Waals surface area (Å²) in [5.74, 6) is 1.78. The van der Waals surface area contributed by atoms with Gasteiger partial charge in [-0.1, -0.05) is 0 Å². The highest BCUT2D eigenvalue weighted by Gasteiger charge is 2.17. The second-order valence-corrected chi connectivity index (χ2v) is 5.28. The van der Waals surface area contributed by atoms with Gasteiger partial charge < -0.3 is 24.4 Å². The van der Waals surface area contributed by atoms with Crippen LogP contribution >= 0.6 is 0 Å². The van der Waals surface area contributed by atoms with Crippen LogP contribution in [0.25, 0.3) is 0 Å². The molecule has 1 aliphatic heterocycles. The highest BCUT2D eigenvalue weighted by atomic mass is 16.5. The smallest absolute Gasteiger partial charge is 0.143 e. The van der Waals surface area contributed by atoms with Crippen molar-refractivity contribution >= 4 is 5.69 Å². The molecule has 1 atom stereocenters. The predicted molar refractivity (Wildman–Crippen MR) is 84.7 cm³/mol. The Bertz CT molecular complexity index is 434. The molecular weight excluding hydrogens is 268 g/mol. The molecule has 0 aliphatic carbocycles. The van der Waals surface area contributed by atoms with Gasteiger partial charge in [0.05, 0.1) is 18.9 Å². The molecule has 0 radical (unpaired) electrons. The molecule has 0 amide bonds. The van der Waals surface area contributed by atoms with Crippen LogP contribution < -0.4 is 19.7 Å². The fraction of sp³-hybridized carbons (Fsp3) is 0.625. The lowest BCUT2D eigenvalue weighted by molar-refractivity contribution is 0.135. The zero-order valence-corrected chi connectivity index (χ0v) is 13.2. The number of hydrogen-bond acceptors (Lipinski definition) is 5. The van der Waals surface area contributed by atoms with Gasteiger partial charge in [-0.25, -0.2) is 0 Å². The first-order valence-corrected chi connectivity index (χ1v) is 7.54. The van der Waals surface area contributed by atoms with Crippen LogP contribution in [-0.2, 0) is 4.74 Å². The molecule has 1 aromatic carbocycles. The molecule has 0 saturated carbocycles. The summed E-state index contributed by atoms with van der Waals surface area (Å²) in [5, 5.41) is 3.37. The number of hydrogen-bond donors (Lipinski definition) is 1. The number of anilines is 1. The molecular formula is C16H26N2O3. The third-order valence-corrected chi connectivity index (χ3v) is 3.68. The van der Waals surface area contributed by atoms with E-state index in [1.54, 1.807) is 14.2 Å². The maximum atomic E-state index is 6.10. The molecule has 2 rings (SSSR count). The second kappa shape index (κ2) is 8.10. The average Bonchev–Trinajstić information content (AvgIpc) is 2.54. The number of nitrogens with zero attached hydrogens (tertiary/aromatic N) is 1. The van der Waals surface area contributed by atoms with E-state index in [2.05, 4.69) is 23.2 Å². The van der Waals surface area contributed by atoms with Gasteiger partial charge in [-0.15, -0.1) is 0 Å². The van der Waals surface area contributed by atoms with E-state index in [1.807, 2.05) is 12.1 Å². The SMILES string of the molecule is COCCC(C)Oc1ccc(OC)cc1N1CCNCC1. The molecule has 0 bridgehead atoms. The average molecular weight is 294 g/mol. The predicted octanol–water partition coefficient (Wildman–Crippen LogP) is 1.91. The summed E-state index contributed by atoms with van der Waals surface area (Å²) in [6.45, 7) is 6.74. The zero-order chi connectivity index (χ0) is 15.1. The van der Waals surface area contributed by atoms with Crippen molar-refractivity contribution in [1.29, 1.82) is 0 Å². The lowest BCUT2D eigenvalue weighted by atomic mass is 10.2. The molecule has 5 nitrogen and oxygen atoms in total. The summed E-state index contributed by atoms with van der Waals surface area (Å²) in [5.41, 5.74) is 1.11. The van der Waals surface area contributed by atoms with Crippen LogP contribution in [0.1, 0.15) is 13.3 Å². The van der Waals surface area contributed by atoms with E-state index < -0.39 is 0 Å². The van der Waals surface area contributed by atoms with Crippen LogP contribution in [0.2, 0.25) is 0 Å². The molecule has 0 aromatic heterocycles. The Hall–Kier alpha value is -1.46. The van der Waals surface area contributed by atoms with E-state index in [9.17, 15) is 0 Å². The number of nitrogens with one attached hydrogen (secondary N) is 1. The van der Waals surface area contributed by atoms with Gasteiger partial charge in [0.1, 0.15) is 11.5 Å². The van der Waals surface area contributed by atoms with Gasteiger partial charge in [0.25, 0.3) is 0 Å². The van der Waals surface area contributed by atoms with Gasteiger partial charge >= 0.3 is 0 Å². The summed E-state index contributed by atoms with van der Waals surface area (Å²) < 4.78 is 16.6. The second-order valence-electron chi connectivity index (χ2n) is 5.28. The highest BCUT2D eigenvalue weighted by molar-refractivity contribution is 5.62. The van der Waals surface area contributed by atoms with Crippen molar-refractivity contribution in [3.8, 4) is 11.5 Å². The third kappa shape index (κ3) is 4.51. The minimum atomic E-state index is 0.125. The maximum Gasteiger partial charge on any atom is 0.143 e. The molecule has 1 heterocycles. The summed E-state index contributed by atoms with van der Waals surface area (Å²) >= 11 is 0. The van der Waals surface area contributed by atoms with Crippen LogP contribution in [0.5, 0.6) is 11.5 Å². The summed E-state index contributed by atoms with van der Waals surface area (Å²) in [6, 6.07) is 6.01. The van der Waals surface area contributed by atoms with Crippen molar-refractivity contribution in [2.75, 3.05) is 51.9 Å². The van der Waals surface area contributed by atoms with E-state index in [4.69, 9.17) is 14.2 Å². The van der Waals surface area contributed by atoms with Crippen LogP contribution in [0.4, 0.5) is 5.69 Å². The van der Waals surface area contributed by atoms with Crippen molar-refractivity contribution in [1.82, 2.24) is 5.32 Å². The van der Waals surface area contributed by atoms with Crippen molar-refractivity contribution in [2.24, 2.45) is 0 Å². The Kier molecular flexibility index (Phi) is 6.14. The van der Waals surface area contributed by atoms with Crippen LogP contribution in [0.3, 0.4) is 0 Å². The first kappa shape index (κ1) is 15.9. The molecule has 1 N–H and O–H groups in total. The molecule has 118 valence electrons. The molecule has 0 spiro atoms. The number of piperazine rings is 1. The largest absolute Gasteiger partial charge is 0.497 e. The number of ether oxygens (including phenoxy) is 3. The first-order valence-electron chi connectivity index (χ1n) is 7.54. The molecule has 1 aliphatic rings. The number of methoxy groups -OCH3 is 2. The Morgan fingerprint density at radius 1 is 1.24 bits per heavy atom. The van der Waals surface area contributed by atoms with Gasteiger partial charge in [-0.05, 0) is 19.1 Å². The fourth-order valence-electron chi connectivity index (χ4n) is 2.44. The lowest BCUT2D eigenvalue weighted by Gasteiger charge is -2.31. The fourth-order valence-corrected chi connectivity index (χ4v) is 2.44. The quantitative estimate of drug-likeness (QED) is 0.832. The Balaban J connectivity index is 2.14. The third-order valence-electron chi connectivity index (χ3n) is 3.68. The van der Waals surface area contributed by atoms with Gasteiger partial charge in [-0.2, -0.15) is 0 Å². The van der Waals surface area contributed by atoms with Gasteiger partial charge in [-0.3, -0.25) is 0 Å². The molecule has 21 heavy (non-hydrogen) atoms. The standard InChI is InChI=1S/C16H26N2O3/c1-13(6-11-19-2)21-16-5-4-14(20-3)12-15(16)18-9-7-17-8-10-18/h4-5,12-13,17H,6-11H2,1-3H3. The van der Waals surface area contributed by atoms with Gasteiger partial charge in [0.15, 0.2) is 0 Å². The minimum absolute atomic E-state index is 0.125. The monoisotopic (exact) mass is 294 g/mol. The van der Waals surface area contributed by atoms with E-state index in [-0.39, 0.29) is 6.10 Å². The van der Waals surface area contributed by atoms with Crippen molar-refractivity contribution < 1.29 is 14.2 Å². The molecule has 1 aromatic rings. The number of rotatable bonds is 7. The first-order chi connectivity index (χ1) is 10.2. The van der Waals surface area contributed by atoms with E-state index in [1.165, 1.54) is 0 Å². The van der Waals surface area contributed by atoms with E-state index in [0.717, 1.165) is 49.8 Å². The summed E-state index contributed by atoms with van der Waals surface area (Å²) in [6.07, 6.45) is 1.00. The number of benzene rings is 1.